The van der Waals surface area contributed by atoms with Crippen molar-refractivity contribution in [3.05, 3.63) is 6.42 Å². The topological polar surface area (TPSA) is 0 Å². The van der Waals surface area contributed by atoms with Crippen LogP contribution in [0.4, 0.5) is 0 Å². The van der Waals surface area contributed by atoms with E-state index in [1.165, 1.54) is 0 Å². The molecule has 12 heavy (non-hydrogen) atoms. The van der Waals surface area contributed by atoms with Crippen molar-refractivity contribution in [2.75, 3.05) is 0 Å². The van der Waals surface area contributed by atoms with Gasteiger partial charge in [0.25, 0.3) is 0 Å². The molecule has 0 N–H and O–H groups in total. The average molecular weight is 181 g/mol. The molecular formula is C11H21Si. The monoisotopic (exact) mass is 181 g/mol. The Morgan fingerprint density at radius 1 is 0.833 bits per heavy atom. The van der Waals surface area contributed by atoms with E-state index < -0.39 is 8.07 Å². The van der Waals surface area contributed by atoms with Gasteiger partial charge in [0, 0.05) is 0 Å². The summed E-state index contributed by atoms with van der Waals surface area (Å²) < 4.78 is 0. The highest BCUT2D eigenvalue weighted by atomic mass is 28.3. The van der Waals surface area contributed by atoms with E-state index in [0.29, 0.717) is 16.6 Å². The molecule has 0 aliphatic heterocycles. The molecule has 0 aromatic rings. The molecule has 0 amide bonds. The standard InChI is InChI=1S/C11H21Si/c1-8-12(9(2)3,10(4)5)11(6)7/h9-11H,2-7H3. The summed E-state index contributed by atoms with van der Waals surface area (Å²) >= 11 is 0. The second-order valence-corrected chi connectivity index (χ2v) is 10.1. The molecular weight excluding hydrogens is 160 g/mol. The van der Waals surface area contributed by atoms with Gasteiger partial charge in [0.2, 0.25) is 0 Å². The molecule has 0 rings (SSSR count). The average Bonchev–Trinajstić information content (AvgIpc) is 1.86. The molecule has 1 heteroatoms. The van der Waals surface area contributed by atoms with Crippen LogP contribution in [0.1, 0.15) is 41.5 Å². The second kappa shape index (κ2) is 4.14. The van der Waals surface area contributed by atoms with Crippen molar-refractivity contribution < 1.29 is 0 Å². The molecule has 0 nitrogen and oxygen atoms in total. The second-order valence-electron chi connectivity index (χ2n) is 4.52. The minimum Gasteiger partial charge on any atom is -0.117 e. The lowest BCUT2D eigenvalue weighted by atomic mass is 10.5. The van der Waals surface area contributed by atoms with Crippen molar-refractivity contribution in [3.63, 3.8) is 0 Å². The summed E-state index contributed by atoms with van der Waals surface area (Å²) in [6.45, 7) is 13.5. The molecule has 0 fully saturated rings. The summed E-state index contributed by atoms with van der Waals surface area (Å²) in [6.07, 6.45) is 7.51. The Balaban J connectivity index is 4.94. The van der Waals surface area contributed by atoms with E-state index in [1.807, 2.05) is 0 Å². The minimum atomic E-state index is -1.58. The van der Waals surface area contributed by atoms with E-state index >= 15 is 0 Å². The van der Waals surface area contributed by atoms with E-state index in [1.54, 1.807) is 0 Å². The zero-order valence-electron chi connectivity index (χ0n) is 9.23. The predicted octanol–water partition coefficient (Wildman–Crippen LogP) is 3.79. The van der Waals surface area contributed by atoms with Gasteiger partial charge < -0.3 is 0 Å². The van der Waals surface area contributed by atoms with Gasteiger partial charge in [0.15, 0.2) is 0 Å². The molecule has 0 heterocycles. The van der Waals surface area contributed by atoms with Gasteiger partial charge in [0.05, 0.1) is 0 Å². The third-order valence-electron chi connectivity index (χ3n) is 3.08. The Morgan fingerprint density at radius 2 is 1.08 bits per heavy atom. The van der Waals surface area contributed by atoms with Crippen molar-refractivity contribution in [1.29, 1.82) is 0 Å². The Morgan fingerprint density at radius 3 is 1.08 bits per heavy atom. The fourth-order valence-corrected chi connectivity index (χ4v) is 7.30. The molecule has 0 bridgehead atoms. The largest absolute Gasteiger partial charge is 0.147 e. The lowest BCUT2D eigenvalue weighted by molar-refractivity contribution is 0.838. The van der Waals surface area contributed by atoms with Crippen LogP contribution < -0.4 is 0 Å². The first-order valence-electron chi connectivity index (χ1n) is 4.83. The van der Waals surface area contributed by atoms with Gasteiger partial charge in [-0.05, 0) is 23.0 Å². The molecule has 1 radical (unpaired) electrons. The molecule has 0 aliphatic carbocycles. The zero-order valence-corrected chi connectivity index (χ0v) is 10.2. The summed E-state index contributed by atoms with van der Waals surface area (Å²) in [4.78, 5) is 0. The summed E-state index contributed by atoms with van der Waals surface area (Å²) in [7, 11) is -1.58. The smallest absolute Gasteiger partial charge is 0.117 e. The van der Waals surface area contributed by atoms with Crippen molar-refractivity contribution in [2.24, 2.45) is 0 Å². The molecule has 0 aromatic heterocycles. The molecule has 0 saturated heterocycles. The Labute approximate surface area is 78.8 Å². The van der Waals surface area contributed by atoms with Gasteiger partial charge in [-0.2, -0.15) is 0 Å². The van der Waals surface area contributed by atoms with Crippen LogP contribution in [0.2, 0.25) is 16.6 Å². The van der Waals surface area contributed by atoms with E-state index in [-0.39, 0.29) is 0 Å². The SMILES string of the molecule is [C]#C[Si](C(C)C)(C(C)C)C(C)C. The third-order valence-corrected chi connectivity index (χ3v) is 9.25. The lowest BCUT2D eigenvalue weighted by Gasteiger charge is -2.37. The highest BCUT2D eigenvalue weighted by Gasteiger charge is 2.41. The first-order valence-corrected chi connectivity index (χ1v) is 7.06. The van der Waals surface area contributed by atoms with Crippen LogP contribution in [-0.4, -0.2) is 8.07 Å². The molecule has 0 spiro atoms. The molecule has 0 unspecified atom stereocenters. The molecule has 0 aliphatic rings. The third kappa shape index (κ3) is 1.74. The van der Waals surface area contributed by atoms with Crippen molar-refractivity contribution >= 4 is 8.07 Å². The number of hydrogen-bond acceptors (Lipinski definition) is 0. The summed E-state index contributed by atoms with van der Waals surface area (Å²) in [6, 6.07) is 0. The van der Waals surface area contributed by atoms with Gasteiger partial charge in [-0.25, -0.2) is 0 Å². The van der Waals surface area contributed by atoms with Crippen molar-refractivity contribution in [2.45, 2.75) is 58.2 Å². The highest BCUT2D eigenvalue weighted by molar-refractivity contribution is 6.90. The van der Waals surface area contributed by atoms with Crippen LogP contribution in [0.3, 0.4) is 0 Å². The maximum Gasteiger partial charge on any atom is 0.147 e. The van der Waals surface area contributed by atoms with Crippen LogP contribution in [0.15, 0.2) is 0 Å². The van der Waals surface area contributed by atoms with Gasteiger partial charge in [-0.1, -0.05) is 41.5 Å². The fourth-order valence-electron chi connectivity index (χ4n) is 2.43. The van der Waals surface area contributed by atoms with Crippen LogP contribution in [0, 0.1) is 12.0 Å². The first-order chi connectivity index (χ1) is 5.39. The molecule has 0 atom stereocenters. The fraction of sp³-hybridized carbons (Fsp3) is 0.818. The minimum absolute atomic E-state index is 0.634. The number of rotatable bonds is 3. The Hall–Kier alpha value is -0.223. The maximum absolute atomic E-state index is 7.51. The normalized spacial score (nSPS) is 12.7. The molecule has 0 aromatic carbocycles. The van der Waals surface area contributed by atoms with E-state index in [2.05, 4.69) is 47.1 Å². The summed E-state index contributed by atoms with van der Waals surface area (Å²) in [5.74, 6) is 0. The van der Waals surface area contributed by atoms with Crippen LogP contribution >= 0.6 is 0 Å². The van der Waals surface area contributed by atoms with Gasteiger partial charge in [0.1, 0.15) is 8.07 Å². The van der Waals surface area contributed by atoms with E-state index in [9.17, 15) is 0 Å². The Kier molecular flexibility index (Phi) is 4.06. The van der Waals surface area contributed by atoms with Crippen LogP contribution in [0.5, 0.6) is 0 Å². The van der Waals surface area contributed by atoms with Crippen molar-refractivity contribution in [3.8, 4) is 5.54 Å². The van der Waals surface area contributed by atoms with Gasteiger partial charge >= 0.3 is 0 Å². The first kappa shape index (κ1) is 11.8. The van der Waals surface area contributed by atoms with E-state index in [4.69, 9.17) is 6.42 Å². The van der Waals surface area contributed by atoms with Crippen molar-refractivity contribution in [1.82, 2.24) is 0 Å². The molecule has 0 saturated carbocycles. The Bertz CT molecular complexity index is 150. The van der Waals surface area contributed by atoms with Crippen LogP contribution in [-0.2, 0) is 0 Å². The van der Waals surface area contributed by atoms with Gasteiger partial charge in [-0.15, -0.1) is 5.54 Å². The molecule has 69 valence electrons. The quantitative estimate of drug-likeness (QED) is 0.459. The van der Waals surface area contributed by atoms with Gasteiger partial charge in [-0.3, -0.25) is 0 Å². The summed E-state index contributed by atoms with van der Waals surface area (Å²) in [5.41, 5.74) is 4.81. The predicted molar refractivity (Wildman–Crippen MR) is 58.2 cm³/mol. The lowest BCUT2D eigenvalue weighted by Crippen LogP contribution is -2.43. The number of hydrogen-bond donors (Lipinski definition) is 0. The van der Waals surface area contributed by atoms with Crippen LogP contribution in [0.25, 0.3) is 0 Å². The maximum atomic E-state index is 7.51. The zero-order chi connectivity index (χ0) is 9.94. The summed E-state index contributed by atoms with van der Waals surface area (Å²) in [5, 5.41) is 0. The highest BCUT2D eigenvalue weighted by Crippen LogP contribution is 2.40. The van der Waals surface area contributed by atoms with E-state index in [0.717, 1.165) is 0 Å².